The SMILES string of the molecule is CCc1ccccc1Nc1ncc(C(=O)NCCCN(C)C)cn1. The van der Waals surface area contributed by atoms with Crippen molar-refractivity contribution in [3.05, 3.63) is 47.8 Å². The number of carbonyl (C=O) groups is 1. The zero-order valence-electron chi connectivity index (χ0n) is 14.5. The number of carbonyl (C=O) groups excluding carboxylic acids is 1. The molecule has 1 aromatic heterocycles. The lowest BCUT2D eigenvalue weighted by atomic mass is 10.1. The van der Waals surface area contributed by atoms with Gasteiger partial charge in [-0.3, -0.25) is 4.79 Å². The van der Waals surface area contributed by atoms with E-state index >= 15 is 0 Å². The first kappa shape index (κ1) is 17.9. The Morgan fingerprint density at radius 1 is 1.17 bits per heavy atom. The zero-order chi connectivity index (χ0) is 17.4. The summed E-state index contributed by atoms with van der Waals surface area (Å²) in [4.78, 5) is 22.6. The third-order valence-corrected chi connectivity index (χ3v) is 3.63. The molecule has 0 saturated heterocycles. The van der Waals surface area contributed by atoms with Crippen LogP contribution in [-0.2, 0) is 6.42 Å². The normalized spacial score (nSPS) is 10.7. The number of hydrogen-bond donors (Lipinski definition) is 2. The highest BCUT2D eigenvalue weighted by atomic mass is 16.1. The van der Waals surface area contributed by atoms with Crippen LogP contribution in [0.5, 0.6) is 0 Å². The molecule has 2 rings (SSSR count). The third-order valence-electron chi connectivity index (χ3n) is 3.63. The number of benzene rings is 1. The Labute approximate surface area is 143 Å². The molecule has 0 atom stereocenters. The van der Waals surface area contributed by atoms with Crippen LogP contribution in [-0.4, -0.2) is 48.0 Å². The van der Waals surface area contributed by atoms with Gasteiger partial charge in [-0.2, -0.15) is 0 Å². The molecule has 6 nitrogen and oxygen atoms in total. The van der Waals surface area contributed by atoms with Crippen LogP contribution in [0, 0.1) is 0 Å². The minimum atomic E-state index is -0.144. The van der Waals surface area contributed by atoms with Gasteiger partial charge < -0.3 is 15.5 Å². The van der Waals surface area contributed by atoms with Gasteiger partial charge in [0, 0.05) is 24.6 Å². The Bertz CT molecular complexity index is 655. The summed E-state index contributed by atoms with van der Waals surface area (Å²) < 4.78 is 0. The fourth-order valence-corrected chi connectivity index (χ4v) is 2.28. The predicted molar refractivity (Wildman–Crippen MR) is 96.6 cm³/mol. The number of nitrogens with zero attached hydrogens (tertiary/aromatic N) is 3. The van der Waals surface area contributed by atoms with E-state index in [9.17, 15) is 4.79 Å². The molecule has 1 aromatic carbocycles. The van der Waals surface area contributed by atoms with E-state index in [-0.39, 0.29) is 5.91 Å². The third kappa shape index (κ3) is 5.31. The Kier molecular flexibility index (Phi) is 6.69. The molecular weight excluding hydrogens is 302 g/mol. The highest BCUT2D eigenvalue weighted by Crippen LogP contribution is 2.18. The Morgan fingerprint density at radius 3 is 2.54 bits per heavy atom. The maximum atomic E-state index is 12.0. The molecule has 0 aliphatic heterocycles. The average Bonchev–Trinajstić information content (AvgIpc) is 2.59. The maximum Gasteiger partial charge on any atom is 0.254 e. The van der Waals surface area contributed by atoms with Gasteiger partial charge in [-0.25, -0.2) is 9.97 Å². The lowest BCUT2D eigenvalue weighted by molar-refractivity contribution is 0.0951. The predicted octanol–water partition coefficient (Wildman–Crippen LogP) is 2.46. The standard InChI is InChI=1S/C18H25N5O/c1-4-14-8-5-6-9-16(14)22-18-20-12-15(13-21-18)17(24)19-10-7-11-23(2)3/h5-6,8-9,12-13H,4,7,10-11H2,1-3H3,(H,19,24)(H,20,21,22). The van der Waals surface area contributed by atoms with Crippen LogP contribution in [0.3, 0.4) is 0 Å². The van der Waals surface area contributed by atoms with Crippen LogP contribution in [0.4, 0.5) is 11.6 Å². The van der Waals surface area contributed by atoms with Crippen molar-refractivity contribution in [1.29, 1.82) is 0 Å². The first-order chi connectivity index (χ1) is 11.6. The lowest BCUT2D eigenvalue weighted by Gasteiger charge is -2.11. The van der Waals surface area contributed by atoms with E-state index in [2.05, 4.69) is 38.5 Å². The molecule has 6 heteroatoms. The fourth-order valence-electron chi connectivity index (χ4n) is 2.28. The maximum absolute atomic E-state index is 12.0. The summed E-state index contributed by atoms with van der Waals surface area (Å²) in [6.07, 6.45) is 4.93. The molecule has 0 radical (unpaired) electrons. The van der Waals surface area contributed by atoms with Crippen LogP contribution in [0.2, 0.25) is 0 Å². The second-order valence-corrected chi connectivity index (χ2v) is 5.84. The van der Waals surface area contributed by atoms with Crippen LogP contribution in [0.15, 0.2) is 36.7 Å². The number of rotatable bonds is 8. The summed E-state index contributed by atoms with van der Waals surface area (Å²) in [6, 6.07) is 8.04. The van der Waals surface area contributed by atoms with Gasteiger partial charge in [0.15, 0.2) is 0 Å². The first-order valence-corrected chi connectivity index (χ1v) is 8.20. The number of anilines is 2. The van der Waals surface area contributed by atoms with Crippen molar-refractivity contribution in [2.24, 2.45) is 0 Å². The van der Waals surface area contributed by atoms with E-state index in [0.717, 1.165) is 25.1 Å². The molecule has 0 saturated carbocycles. The second-order valence-electron chi connectivity index (χ2n) is 5.84. The largest absolute Gasteiger partial charge is 0.352 e. The quantitative estimate of drug-likeness (QED) is 0.729. The molecule has 0 spiro atoms. The molecule has 0 unspecified atom stereocenters. The molecule has 0 aliphatic rings. The van der Waals surface area contributed by atoms with Crippen molar-refractivity contribution in [2.75, 3.05) is 32.5 Å². The average molecular weight is 327 g/mol. The minimum absolute atomic E-state index is 0.144. The Hall–Kier alpha value is -2.47. The van der Waals surface area contributed by atoms with Crippen molar-refractivity contribution < 1.29 is 4.79 Å². The summed E-state index contributed by atoms with van der Waals surface area (Å²) in [5, 5.41) is 6.07. The van der Waals surface area contributed by atoms with Crippen LogP contribution >= 0.6 is 0 Å². The Balaban J connectivity index is 1.91. The Morgan fingerprint density at radius 2 is 1.88 bits per heavy atom. The van der Waals surface area contributed by atoms with Crippen molar-refractivity contribution in [2.45, 2.75) is 19.8 Å². The van der Waals surface area contributed by atoms with Gasteiger partial charge in [-0.1, -0.05) is 25.1 Å². The molecule has 2 aromatic rings. The summed E-state index contributed by atoms with van der Waals surface area (Å²) in [5.74, 6) is 0.342. The summed E-state index contributed by atoms with van der Waals surface area (Å²) >= 11 is 0. The highest BCUT2D eigenvalue weighted by Gasteiger charge is 2.07. The fraction of sp³-hybridized carbons (Fsp3) is 0.389. The van der Waals surface area contributed by atoms with Crippen LogP contribution in [0.1, 0.15) is 29.3 Å². The summed E-state index contributed by atoms with van der Waals surface area (Å²) in [5.41, 5.74) is 2.65. The van der Waals surface area contributed by atoms with Crippen molar-refractivity contribution in [3.8, 4) is 0 Å². The molecule has 1 amide bonds. The van der Waals surface area contributed by atoms with E-state index in [1.165, 1.54) is 5.56 Å². The van der Waals surface area contributed by atoms with E-state index in [0.29, 0.717) is 18.1 Å². The highest BCUT2D eigenvalue weighted by molar-refractivity contribution is 5.93. The van der Waals surface area contributed by atoms with Crippen molar-refractivity contribution in [1.82, 2.24) is 20.2 Å². The molecule has 0 fully saturated rings. The smallest absolute Gasteiger partial charge is 0.254 e. The molecule has 24 heavy (non-hydrogen) atoms. The monoisotopic (exact) mass is 327 g/mol. The van der Waals surface area contributed by atoms with Crippen LogP contribution < -0.4 is 10.6 Å². The van der Waals surface area contributed by atoms with E-state index in [4.69, 9.17) is 0 Å². The molecular formula is C18H25N5O. The number of aryl methyl sites for hydroxylation is 1. The first-order valence-electron chi connectivity index (χ1n) is 8.20. The number of amides is 1. The van der Waals surface area contributed by atoms with Gasteiger partial charge in [0.2, 0.25) is 5.95 Å². The zero-order valence-corrected chi connectivity index (χ0v) is 14.5. The number of aromatic nitrogens is 2. The molecule has 0 aliphatic carbocycles. The molecule has 2 N–H and O–H groups in total. The van der Waals surface area contributed by atoms with E-state index in [1.807, 2.05) is 32.3 Å². The number of nitrogens with one attached hydrogen (secondary N) is 2. The lowest BCUT2D eigenvalue weighted by Crippen LogP contribution is -2.27. The summed E-state index contributed by atoms with van der Waals surface area (Å²) in [7, 11) is 4.02. The number of hydrogen-bond acceptors (Lipinski definition) is 5. The number of para-hydroxylation sites is 1. The second kappa shape index (κ2) is 8.98. The van der Waals surface area contributed by atoms with Gasteiger partial charge in [-0.05, 0) is 45.1 Å². The minimum Gasteiger partial charge on any atom is -0.352 e. The van der Waals surface area contributed by atoms with Crippen molar-refractivity contribution >= 4 is 17.5 Å². The van der Waals surface area contributed by atoms with Crippen molar-refractivity contribution in [3.63, 3.8) is 0 Å². The topological polar surface area (TPSA) is 70.2 Å². The van der Waals surface area contributed by atoms with Crippen LogP contribution in [0.25, 0.3) is 0 Å². The molecule has 1 heterocycles. The molecule has 128 valence electrons. The van der Waals surface area contributed by atoms with Gasteiger partial charge in [-0.15, -0.1) is 0 Å². The summed E-state index contributed by atoms with van der Waals surface area (Å²) in [6.45, 7) is 3.68. The van der Waals surface area contributed by atoms with Gasteiger partial charge in [0.1, 0.15) is 0 Å². The van der Waals surface area contributed by atoms with Gasteiger partial charge in [0.05, 0.1) is 5.56 Å². The van der Waals surface area contributed by atoms with E-state index < -0.39 is 0 Å². The van der Waals surface area contributed by atoms with Gasteiger partial charge >= 0.3 is 0 Å². The van der Waals surface area contributed by atoms with E-state index in [1.54, 1.807) is 12.4 Å². The van der Waals surface area contributed by atoms with Gasteiger partial charge in [0.25, 0.3) is 5.91 Å². The molecule has 0 bridgehead atoms.